The summed E-state index contributed by atoms with van der Waals surface area (Å²) in [7, 11) is 4.29. The average Bonchev–Trinajstić information content (AvgIpc) is 3.15. The van der Waals surface area contributed by atoms with Crippen LogP contribution in [0.3, 0.4) is 0 Å². The van der Waals surface area contributed by atoms with Crippen molar-refractivity contribution >= 4 is 22.9 Å². The molecule has 2 rings (SSSR count). The van der Waals surface area contributed by atoms with Gasteiger partial charge in [0.15, 0.2) is 29.0 Å². The normalized spacial score (nSPS) is 11.2. The number of hydrogen-bond acceptors (Lipinski definition) is 7. The summed E-state index contributed by atoms with van der Waals surface area (Å²) in [5, 5.41) is 11.0. The van der Waals surface area contributed by atoms with Gasteiger partial charge in [0, 0.05) is 5.56 Å². The van der Waals surface area contributed by atoms with Crippen molar-refractivity contribution in [2.75, 3.05) is 21.3 Å². The third-order valence-electron chi connectivity index (χ3n) is 3.37. The number of benzene rings is 1. The Bertz CT molecular complexity index is 767. The van der Waals surface area contributed by atoms with Gasteiger partial charge >= 0.3 is 0 Å². The number of nitriles is 1. The highest BCUT2D eigenvalue weighted by molar-refractivity contribution is 7.12. The van der Waals surface area contributed by atoms with Gasteiger partial charge in [-0.05, 0) is 23.6 Å². The maximum absolute atomic E-state index is 12.7. The van der Waals surface area contributed by atoms with E-state index in [-0.39, 0.29) is 17.1 Å². The molecule has 0 aliphatic rings. The van der Waals surface area contributed by atoms with Crippen molar-refractivity contribution in [1.29, 1.82) is 5.26 Å². The lowest BCUT2D eigenvalue weighted by Crippen LogP contribution is -2.22. The Labute approximate surface area is 143 Å². The lowest BCUT2D eigenvalue weighted by Gasteiger charge is -2.14. The van der Waals surface area contributed by atoms with Crippen LogP contribution in [0.5, 0.6) is 17.2 Å². The van der Waals surface area contributed by atoms with Crippen LogP contribution in [0.4, 0.5) is 0 Å². The van der Waals surface area contributed by atoms with E-state index >= 15 is 0 Å². The zero-order chi connectivity index (χ0) is 17.7. The molecule has 0 amide bonds. The van der Waals surface area contributed by atoms with E-state index in [1.165, 1.54) is 44.8 Å². The number of carbonyl (C=O) groups is 2. The summed E-state index contributed by atoms with van der Waals surface area (Å²) in [6.45, 7) is 0. The molecule has 0 bridgehead atoms. The van der Waals surface area contributed by atoms with Crippen molar-refractivity contribution < 1.29 is 23.8 Å². The summed E-state index contributed by atoms with van der Waals surface area (Å²) in [5.41, 5.74) is 0.140. The van der Waals surface area contributed by atoms with Gasteiger partial charge in [0.05, 0.1) is 32.3 Å². The molecule has 24 heavy (non-hydrogen) atoms. The Kier molecular flexibility index (Phi) is 5.55. The molecule has 2 aromatic rings. The molecule has 0 radical (unpaired) electrons. The first-order valence-corrected chi connectivity index (χ1v) is 7.76. The number of methoxy groups -OCH3 is 3. The largest absolute Gasteiger partial charge is 0.493 e. The summed E-state index contributed by atoms with van der Waals surface area (Å²) < 4.78 is 15.6. The smallest absolute Gasteiger partial charge is 0.203 e. The van der Waals surface area contributed by atoms with Crippen molar-refractivity contribution in [3.8, 4) is 23.3 Å². The summed E-state index contributed by atoms with van der Waals surface area (Å²) >= 11 is 1.19. The Hall–Kier alpha value is -2.85. The molecule has 124 valence electrons. The van der Waals surface area contributed by atoms with Gasteiger partial charge in [-0.2, -0.15) is 5.26 Å². The molecular weight excluding hydrogens is 330 g/mol. The van der Waals surface area contributed by atoms with Crippen molar-refractivity contribution in [2.45, 2.75) is 0 Å². The molecule has 0 spiro atoms. The Morgan fingerprint density at radius 3 is 2.12 bits per heavy atom. The van der Waals surface area contributed by atoms with Gasteiger partial charge in [-0.1, -0.05) is 6.07 Å². The number of hydrogen-bond donors (Lipinski definition) is 0. The molecule has 0 aliphatic carbocycles. The monoisotopic (exact) mass is 345 g/mol. The first-order valence-electron chi connectivity index (χ1n) is 6.88. The van der Waals surface area contributed by atoms with Crippen molar-refractivity contribution in [2.24, 2.45) is 5.92 Å². The molecule has 0 N–H and O–H groups in total. The third-order valence-corrected chi connectivity index (χ3v) is 4.25. The van der Waals surface area contributed by atoms with E-state index < -0.39 is 17.5 Å². The fourth-order valence-electron chi connectivity index (χ4n) is 2.19. The minimum absolute atomic E-state index is 0.140. The molecule has 1 aromatic heterocycles. The highest BCUT2D eigenvalue weighted by Gasteiger charge is 2.30. The third kappa shape index (κ3) is 3.24. The molecule has 1 heterocycles. The lowest BCUT2D eigenvalue weighted by molar-refractivity contribution is 0.0847. The van der Waals surface area contributed by atoms with Gasteiger partial charge in [-0.3, -0.25) is 9.59 Å². The fourth-order valence-corrected chi connectivity index (χ4v) is 2.88. The topological polar surface area (TPSA) is 85.6 Å². The SMILES string of the molecule is COc1cc(C(=O)C(C#N)C(=O)c2cccs2)cc(OC)c1OC. The molecule has 0 saturated heterocycles. The fraction of sp³-hybridized carbons (Fsp3) is 0.235. The zero-order valence-corrected chi connectivity index (χ0v) is 14.2. The maximum atomic E-state index is 12.7. The van der Waals surface area contributed by atoms with Crippen LogP contribution in [0.15, 0.2) is 29.6 Å². The van der Waals surface area contributed by atoms with Crippen LogP contribution in [0, 0.1) is 17.2 Å². The molecule has 0 fully saturated rings. The van der Waals surface area contributed by atoms with Crippen LogP contribution in [-0.4, -0.2) is 32.9 Å². The summed E-state index contributed by atoms with van der Waals surface area (Å²) in [4.78, 5) is 25.4. The number of nitrogens with zero attached hydrogens (tertiary/aromatic N) is 1. The van der Waals surface area contributed by atoms with Gasteiger partial charge in [-0.15, -0.1) is 11.3 Å². The maximum Gasteiger partial charge on any atom is 0.203 e. The number of thiophene rings is 1. The van der Waals surface area contributed by atoms with Crippen LogP contribution in [0.25, 0.3) is 0 Å². The minimum Gasteiger partial charge on any atom is -0.493 e. The predicted molar refractivity (Wildman–Crippen MR) is 88.2 cm³/mol. The summed E-state index contributed by atoms with van der Waals surface area (Å²) in [6, 6.07) is 7.91. The van der Waals surface area contributed by atoms with E-state index in [0.29, 0.717) is 10.6 Å². The molecule has 7 heteroatoms. The molecule has 1 atom stereocenters. The Morgan fingerprint density at radius 2 is 1.71 bits per heavy atom. The summed E-state index contributed by atoms with van der Waals surface area (Å²) in [6.07, 6.45) is 0. The highest BCUT2D eigenvalue weighted by Crippen LogP contribution is 2.38. The van der Waals surface area contributed by atoms with Gasteiger partial charge in [0.2, 0.25) is 5.75 Å². The minimum atomic E-state index is -1.42. The van der Waals surface area contributed by atoms with Crippen LogP contribution < -0.4 is 14.2 Å². The van der Waals surface area contributed by atoms with Crippen LogP contribution in [0.1, 0.15) is 20.0 Å². The van der Waals surface area contributed by atoms with E-state index in [9.17, 15) is 14.9 Å². The highest BCUT2D eigenvalue weighted by atomic mass is 32.1. The van der Waals surface area contributed by atoms with E-state index in [2.05, 4.69) is 0 Å². The Morgan fingerprint density at radius 1 is 1.08 bits per heavy atom. The van der Waals surface area contributed by atoms with Crippen molar-refractivity contribution in [1.82, 2.24) is 0 Å². The predicted octanol–water partition coefficient (Wildman–Crippen LogP) is 2.98. The molecule has 0 aliphatic heterocycles. The van der Waals surface area contributed by atoms with E-state index in [1.807, 2.05) is 0 Å². The molecular formula is C17H15NO5S. The van der Waals surface area contributed by atoms with Gasteiger partial charge in [0.25, 0.3) is 0 Å². The van der Waals surface area contributed by atoms with Crippen molar-refractivity contribution in [3.63, 3.8) is 0 Å². The molecule has 6 nitrogen and oxygen atoms in total. The number of ketones is 2. The number of rotatable bonds is 7. The second-order valence-corrected chi connectivity index (χ2v) is 5.63. The quantitative estimate of drug-likeness (QED) is 0.566. The first-order chi connectivity index (χ1) is 11.6. The molecule has 1 aromatic carbocycles. The second-order valence-electron chi connectivity index (χ2n) is 4.68. The van der Waals surface area contributed by atoms with Gasteiger partial charge in [0.1, 0.15) is 0 Å². The Balaban J connectivity index is 2.44. The van der Waals surface area contributed by atoms with Gasteiger partial charge < -0.3 is 14.2 Å². The zero-order valence-electron chi connectivity index (χ0n) is 13.4. The number of carbonyl (C=O) groups excluding carboxylic acids is 2. The molecule has 0 saturated carbocycles. The average molecular weight is 345 g/mol. The van der Waals surface area contributed by atoms with E-state index in [1.54, 1.807) is 23.6 Å². The van der Waals surface area contributed by atoms with Crippen LogP contribution in [0.2, 0.25) is 0 Å². The summed E-state index contributed by atoms with van der Waals surface area (Å²) in [5.74, 6) is -1.68. The van der Waals surface area contributed by atoms with Crippen molar-refractivity contribution in [3.05, 3.63) is 40.1 Å². The van der Waals surface area contributed by atoms with Crippen LogP contribution in [-0.2, 0) is 0 Å². The second kappa shape index (κ2) is 7.62. The van der Waals surface area contributed by atoms with E-state index in [0.717, 1.165) is 0 Å². The van der Waals surface area contributed by atoms with E-state index in [4.69, 9.17) is 14.2 Å². The molecule has 1 unspecified atom stereocenters. The lowest BCUT2D eigenvalue weighted by atomic mass is 9.93. The number of ether oxygens (including phenoxy) is 3. The standard InChI is InChI=1S/C17H15NO5S/c1-21-12-7-10(8-13(22-2)17(12)23-3)15(19)11(9-18)16(20)14-5-4-6-24-14/h4-8,11H,1-3H3. The van der Waals surface area contributed by atoms with Crippen LogP contribution >= 0.6 is 11.3 Å². The first kappa shape index (κ1) is 17.5. The number of Topliss-reactive ketones (excluding diaryl/α,β-unsaturated/α-hetero) is 2. The van der Waals surface area contributed by atoms with Gasteiger partial charge in [-0.25, -0.2) is 0 Å².